The first kappa shape index (κ1) is 12.6. The van der Waals surface area contributed by atoms with Crippen LogP contribution in [0.1, 0.15) is 53.6 Å². The van der Waals surface area contributed by atoms with Crippen LogP contribution in [0, 0.1) is 5.92 Å². The fourth-order valence-electron chi connectivity index (χ4n) is 2.48. The number of hydrogen-bond donors (Lipinski definition) is 3. The summed E-state index contributed by atoms with van der Waals surface area (Å²) < 4.78 is 0. The van der Waals surface area contributed by atoms with Crippen LogP contribution in [0.15, 0.2) is 6.33 Å². The second kappa shape index (κ2) is 5.20. The summed E-state index contributed by atoms with van der Waals surface area (Å²) in [5.41, 5.74) is -0.210. The molecule has 98 valence electrons. The van der Waals surface area contributed by atoms with E-state index in [1.807, 2.05) is 6.92 Å². The minimum absolute atomic E-state index is 0.0488. The molecule has 1 fully saturated rings. The number of hydrogen-bond acceptors (Lipinski definition) is 3. The fraction of sp³-hybridized carbons (Fsp3) is 0.583. The average molecular weight is 251 g/mol. The van der Waals surface area contributed by atoms with Crippen molar-refractivity contribution in [2.24, 2.45) is 5.92 Å². The van der Waals surface area contributed by atoms with E-state index in [0.717, 1.165) is 12.8 Å². The molecule has 0 bridgehead atoms. The number of carbonyl (C=O) groups is 2. The Bertz CT molecular complexity index is 449. The molecule has 0 spiro atoms. The molecule has 3 N–H and O–H groups in total. The third kappa shape index (κ3) is 2.52. The molecule has 1 aliphatic carbocycles. The van der Waals surface area contributed by atoms with Crippen molar-refractivity contribution < 1.29 is 14.7 Å². The normalized spacial score (nSPS) is 17.6. The quantitative estimate of drug-likeness (QED) is 0.754. The number of aromatic carboxylic acids is 1. The summed E-state index contributed by atoms with van der Waals surface area (Å²) in [5, 5.41) is 11.7. The first-order valence-corrected chi connectivity index (χ1v) is 6.17. The van der Waals surface area contributed by atoms with E-state index in [9.17, 15) is 9.59 Å². The third-order valence-electron chi connectivity index (χ3n) is 3.53. The largest absolute Gasteiger partial charge is 0.477 e. The molecule has 6 nitrogen and oxygen atoms in total. The van der Waals surface area contributed by atoms with Crippen LogP contribution in [-0.4, -0.2) is 33.0 Å². The van der Waals surface area contributed by atoms with Gasteiger partial charge in [0.2, 0.25) is 0 Å². The number of carboxylic acid groups (broad SMARTS) is 1. The van der Waals surface area contributed by atoms with E-state index in [1.54, 1.807) is 0 Å². The number of rotatable bonds is 4. The van der Waals surface area contributed by atoms with E-state index in [4.69, 9.17) is 5.11 Å². The maximum atomic E-state index is 11.9. The Morgan fingerprint density at radius 3 is 2.78 bits per heavy atom. The molecular weight excluding hydrogens is 234 g/mol. The summed E-state index contributed by atoms with van der Waals surface area (Å²) in [6.07, 6.45) is 5.86. The second-order valence-corrected chi connectivity index (χ2v) is 4.74. The maximum absolute atomic E-state index is 11.9. The fourth-order valence-corrected chi connectivity index (χ4v) is 2.48. The molecule has 1 heterocycles. The van der Waals surface area contributed by atoms with Crippen molar-refractivity contribution in [2.75, 3.05) is 0 Å². The van der Waals surface area contributed by atoms with Crippen LogP contribution in [0.3, 0.4) is 0 Å². The average Bonchev–Trinajstić information content (AvgIpc) is 3.00. The highest BCUT2D eigenvalue weighted by molar-refractivity contribution is 6.02. The van der Waals surface area contributed by atoms with Crippen molar-refractivity contribution in [2.45, 2.75) is 38.6 Å². The van der Waals surface area contributed by atoms with E-state index in [2.05, 4.69) is 15.3 Å². The monoisotopic (exact) mass is 251 g/mol. The Balaban J connectivity index is 2.02. The Morgan fingerprint density at radius 1 is 1.50 bits per heavy atom. The Hall–Kier alpha value is -1.85. The molecule has 1 aliphatic rings. The van der Waals surface area contributed by atoms with Crippen molar-refractivity contribution in [3.63, 3.8) is 0 Å². The maximum Gasteiger partial charge on any atom is 0.354 e. The van der Waals surface area contributed by atoms with Crippen LogP contribution in [0.2, 0.25) is 0 Å². The number of H-pyrrole nitrogens is 1. The molecule has 2 rings (SSSR count). The molecule has 1 aromatic rings. The molecule has 0 aromatic carbocycles. The van der Waals surface area contributed by atoms with Crippen LogP contribution in [0.4, 0.5) is 0 Å². The van der Waals surface area contributed by atoms with Gasteiger partial charge in [-0.3, -0.25) is 4.79 Å². The van der Waals surface area contributed by atoms with Crippen molar-refractivity contribution >= 4 is 11.9 Å². The Kier molecular flexibility index (Phi) is 3.64. The Labute approximate surface area is 105 Å². The molecule has 1 saturated carbocycles. The van der Waals surface area contributed by atoms with Gasteiger partial charge in [-0.05, 0) is 25.7 Å². The van der Waals surface area contributed by atoms with Gasteiger partial charge in [0.25, 0.3) is 5.91 Å². The number of carboxylic acids is 1. The zero-order valence-corrected chi connectivity index (χ0v) is 10.3. The predicted octanol–water partition coefficient (Wildman–Crippen LogP) is 1.42. The van der Waals surface area contributed by atoms with E-state index >= 15 is 0 Å². The summed E-state index contributed by atoms with van der Waals surface area (Å²) in [4.78, 5) is 29.0. The number of imidazole rings is 1. The summed E-state index contributed by atoms with van der Waals surface area (Å²) >= 11 is 0. The van der Waals surface area contributed by atoms with Gasteiger partial charge in [0, 0.05) is 6.04 Å². The van der Waals surface area contributed by atoms with E-state index in [0.29, 0.717) is 5.92 Å². The molecule has 1 atom stereocenters. The van der Waals surface area contributed by atoms with Gasteiger partial charge in [-0.25, -0.2) is 9.78 Å². The lowest BCUT2D eigenvalue weighted by molar-refractivity contribution is 0.0684. The smallest absolute Gasteiger partial charge is 0.354 e. The minimum Gasteiger partial charge on any atom is -0.477 e. The van der Waals surface area contributed by atoms with E-state index < -0.39 is 11.9 Å². The molecular formula is C12H17N3O3. The third-order valence-corrected chi connectivity index (χ3v) is 3.53. The van der Waals surface area contributed by atoms with Gasteiger partial charge in [0.1, 0.15) is 0 Å². The highest BCUT2D eigenvalue weighted by atomic mass is 16.4. The Morgan fingerprint density at radius 2 is 2.17 bits per heavy atom. The van der Waals surface area contributed by atoms with Crippen LogP contribution < -0.4 is 5.32 Å². The molecule has 0 aliphatic heterocycles. The van der Waals surface area contributed by atoms with Gasteiger partial charge in [-0.2, -0.15) is 0 Å². The minimum atomic E-state index is -1.17. The van der Waals surface area contributed by atoms with Crippen molar-refractivity contribution in [3.05, 3.63) is 17.7 Å². The first-order chi connectivity index (χ1) is 8.59. The van der Waals surface area contributed by atoms with Crippen molar-refractivity contribution in [1.82, 2.24) is 15.3 Å². The van der Waals surface area contributed by atoms with Gasteiger partial charge in [0.05, 0.1) is 6.33 Å². The summed E-state index contributed by atoms with van der Waals surface area (Å²) in [6, 6.07) is 0.0540. The van der Waals surface area contributed by atoms with Gasteiger partial charge in [-0.15, -0.1) is 0 Å². The lowest BCUT2D eigenvalue weighted by atomic mass is 10.00. The van der Waals surface area contributed by atoms with Gasteiger partial charge >= 0.3 is 5.97 Å². The summed E-state index contributed by atoms with van der Waals surface area (Å²) in [7, 11) is 0. The predicted molar refractivity (Wildman–Crippen MR) is 64.4 cm³/mol. The van der Waals surface area contributed by atoms with Gasteiger partial charge in [0.15, 0.2) is 11.4 Å². The van der Waals surface area contributed by atoms with Gasteiger partial charge in [-0.1, -0.05) is 12.8 Å². The topological polar surface area (TPSA) is 95.1 Å². The van der Waals surface area contributed by atoms with Crippen LogP contribution >= 0.6 is 0 Å². The highest BCUT2D eigenvalue weighted by Gasteiger charge is 2.26. The summed E-state index contributed by atoms with van der Waals surface area (Å²) in [6.45, 7) is 1.96. The molecule has 0 saturated heterocycles. The molecule has 0 radical (unpaired) electrons. The summed E-state index contributed by atoms with van der Waals surface area (Å²) in [5.74, 6) is -1.11. The number of carbonyl (C=O) groups excluding carboxylic acids is 1. The number of aromatic amines is 1. The lowest BCUT2D eigenvalue weighted by Gasteiger charge is -2.19. The molecule has 1 amide bonds. The molecule has 18 heavy (non-hydrogen) atoms. The van der Waals surface area contributed by atoms with Crippen LogP contribution in [-0.2, 0) is 0 Å². The van der Waals surface area contributed by atoms with Crippen molar-refractivity contribution in [1.29, 1.82) is 0 Å². The van der Waals surface area contributed by atoms with Crippen LogP contribution in [0.25, 0.3) is 0 Å². The molecule has 1 aromatic heterocycles. The SMILES string of the molecule is CC(NC(=O)c1nc[nH]c1C(=O)O)C1CCCC1. The number of nitrogens with one attached hydrogen (secondary N) is 2. The number of amides is 1. The zero-order chi connectivity index (χ0) is 13.1. The van der Waals surface area contributed by atoms with Crippen LogP contribution in [0.5, 0.6) is 0 Å². The highest BCUT2D eigenvalue weighted by Crippen LogP contribution is 2.27. The lowest BCUT2D eigenvalue weighted by Crippen LogP contribution is -2.38. The molecule has 1 unspecified atom stereocenters. The zero-order valence-electron chi connectivity index (χ0n) is 10.3. The number of nitrogens with zero attached hydrogens (tertiary/aromatic N) is 1. The van der Waals surface area contributed by atoms with Gasteiger partial charge < -0.3 is 15.4 Å². The van der Waals surface area contributed by atoms with E-state index in [1.165, 1.54) is 19.2 Å². The molecule has 6 heteroatoms. The van der Waals surface area contributed by atoms with E-state index in [-0.39, 0.29) is 17.4 Å². The number of aromatic nitrogens is 2. The first-order valence-electron chi connectivity index (χ1n) is 6.17. The standard InChI is InChI=1S/C12H17N3O3/c1-7(8-4-2-3-5-8)15-11(16)9-10(12(17)18)14-6-13-9/h6-8H,2-5H2,1H3,(H,13,14)(H,15,16)(H,17,18). The van der Waals surface area contributed by atoms with Crippen molar-refractivity contribution in [3.8, 4) is 0 Å². The second-order valence-electron chi connectivity index (χ2n) is 4.74.